The van der Waals surface area contributed by atoms with Crippen LogP contribution in [0.25, 0.3) is 0 Å². The highest BCUT2D eigenvalue weighted by molar-refractivity contribution is 9.10. The van der Waals surface area contributed by atoms with Crippen molar-refractivity contribution in [3.05, 3.63) is 45.1 Å². The third-order valence-corrected chi connectivity index (χ3v) is 3.80. The molecule has 0 amide bonds. The lowest BCUT2D eigenvalue weighted by Gasteiger charge is -2.08. The number of halogens is 1. The predicted molar refractivity (Wildman–Crippen MR) is 60.1 cm³/mol. The van der Waals surface area contributed by atoms with Gasteiger partial charge in [0.15, 0.2) is 0 Å². The van der Waals surface area contributed by atoms with Crippen LogP contribution in [0.2, 0.25) is 0 Å². The maximum absolute atomic E-state index is 6.05. The van der Waals surface area contributed by atoms with Gasteiger partial charge >= 0.3 is 0 Å². The summed E-state index contributed by atoms with van der Waals surface area (Å²) in [5.74, 6) is 0. The molecule has 2 aromatic heterocycles. The zero-order valence-electron chi connectivity index (χ0n) is 7.22. The molecule has 0 saturated heterocycles. The molecule has 0 aliphatic carbocycles. The molecule has 72 valence electrons. The highest BCUT2D eigenvalue weighted by Crippen LogP contribution is 2.30. The van der Waals surface area contributed by atoms with E-state index in [2.05, 4.69) is 25.9 Å². The van der Waals surface area contributed by atoms with Crippen molar-refractivity contribution < 1.29 is 0 Å². The first-order valence-corrected chi connectivity index (χ1v) is 5.70. The van der Waals surface area contributed by atoms with Crippen molar-refractivity contribution >= 4 is 27.3 Å². The minimum Gasteiger partial charge on any atom is -0.318 e. The van der Waals surface area contributed by atoms with E-state index in [9.17, 15) is 0 Å². The van der Waals surface area contributed by atoms with Gasteiger partial charge in [0.05, 0.1) is 11.7 Å². The van der Waals surface area contributed by atoms with Gasteiger partial charge in [-0.25, -0.2) is 9.97 Å². The van der Waals surface area contributed by atoms with Gasteiger partial charge in [-0.1, -0.05) is 0 Å². The van der Waals surface area contributed by atoms with Crippen molar-refractivity contribution in [2.45, 2.75) is 6.04 Å². The van der Waals surface area contributed by atoms with E-state index in [-0.39, 0.29) is 6.04 Å². The molecule has 5 heteroatoms. The van der Waals surface area contributed by atoms with Crippen molar-refractivity contribution in [1.29, 1.82) is 0 Å². The topological polar surface area (TPSA) is 51.8 Å². The Labute approximate surface area is 94.1 Å². The summed E-state index contributed by atoms with van der Waals surface area (Å²) in [6, 6.07) is 3.64. The number of rotatable bonds is 2. The van der Waals surface area contributed by atoms with Crippen LogP contribution in [0, 0.1) is 0 Å². The second-order valence-electron chi connectivity index (χ2n) is 2.74. The Morgan fingerprint density at radius 1 is 1.43 bits per heavy atom. The largest absolute Gasteiger partial charge is 0.318 e. The van der Waals surface area contributed by atoms with E-state index >= 15 is 0 Å². The van der Waals surface area contributed by atoms with Gasteiger partial charge in [-0.3, -0.25) is 0 Å². The monoisotopic (exact) mass is 269 g/mol. The fraction of sp³-hybridized carbons (Fsp3) is 0.111. The maximum Gasteiger partial charge on any atom is 0.115 e. The Bertz CT molecular complexity index is 415. The van der Waals surface area contributed by atoms with Crippen LogP contribution in [-0.2, 0) is 0 Å². The van der Waals surface area contributed by atoms with Gasteiger partial charge in [0, 0.05) is 15.5 Å². The van der Waals surface area contributed by atoms with Crippen molar-refractivity contribution in [3.8, 4) is 0 Å². The molecule has 0 spiro atoms. The Kier molecular flexibility index (Phi) is 2.90. The third kappa shape index (κ3) is 1.84. The first-order valence-electron chi connectivity index (χ1n) is 4.03. The lowest BCUT2D eigenvalue weighted by molar-refractivity contribution is 0.833. The number of thiophene rings is 1. The van der Waals surface area contributed by atoms with E-state index in [1.54, 1.807) is 17.5 Å². The molecule has 2 rings (SSSR count). The van der Waals surface area contributed by atoms with Crippen LogP contribution in [0.5, 0.6) is 0 Å². The van der Waals surface area contributed by atoms with Crippen LogP contribution in [-0.4, -0.2) is 9.97 Å². The van der Waals surface area contributed by atoms with E-state index in [1.165, 1.54) is 6.33 Å². The van der Waals surface area contributed by atoms with E-state index in [0.717, 1.165) is 15.0 Å². The van der Waals surface area contributed by atoms with Gasteiger partial charge in [0.25, 0.3) is 0 Å². The number of nitrogens with two attached hydrogens (primary N) is 1. The zero-order chi connectivity index (χ0) is 9.97. The molecule has 0 aromatic carbocycles. The van der Waals surface area contributed by atoms with E-state index in [4.69, 9.17) is 5.73 Å². The molecule has 2 N–H and O–H groups in total. The summed E-state index contributed by atoms with van der Waals surface area (Å²) in [5, 5.41) is 2.00. The van der Waals surface area contributed by atoms with Gasteiger partial charge in [0.1, 0.15) is 6.33 Å². The van der Waals surface area contributed by atoms with Crippen molar-refractivity contribution in [3.63, 3.8) is 0 Å². The van der Waals surface area contributed by atoms with E-state index < -0.39 is 0 Å². The van der Waals surface area contributed by atoms with Crippen LogP contribution in [0.3, 0.4) is 0 Å². The molecular formula is C9H8BrN3S. The molecule has 1 unspecified atom stereocenters. The van der Waals surface area contributed by atoms with Gasteiger partial charge in [-0.15, -0.1) is 11.3 Å². The molecule has 0 aliphatic heterocycles. The lowest BCUT2D eigenvalue weighted by Crippen LogP contribution is -2.12. The van der Waals surface area contributed by atoms with Crippen LogP contribution in [0.1, 0.15) is 16.6 Å². The number of hydrogen-bond donors (Lipinski definition) is 1. The van der Waals surface area contributed by atoms with E-state index in [0.29, 0.717) is 0 Å². The third-order valence-electron chi connectivity index (χ3n) is 1.85. The van der Waals surface area contributed by atoms with Crippen LogP contribution in [0.4, 0.5) is 0 Å². The molecule has 2 aromatic rings. The molecule has 0 radical (unpaired) electrons. The minimum absolute atomic E-state index is 0.174. The van der Waals surface area contributed by atoms with Crippen LogP contribution < -0.4 is 5.73 Å². The molecule has 14 heavy (non-hydrogen) atoms. The summed E-state index contributed by atoms with van der Waals surface area (Å²) in [6.07, 6.45) is 3.21. The van der Waals surface area contributed by atoms with Gasteiger partial charge < -0.3 is 5.73 Å². The highest BCUT2D eigenvalue weighted by atomic mass is 79.9. The first-order chi connectivity index (χ1) is 6.79. The molecule has 0 aliphatic rings. The lowest BCUT2D eigenvalue weighted by atomic mass is 10.2. The summed E-state index contributed by atoms with van der Waals surface area (Å²) in [7, 11) is 0. The predicted octanol–water partition coefficient (Wildman–Crippen LogP) is 2.35. The average Bonchev–Trinajstić information content (AvgIpc) is 2.65. The molecule has 1 atom stereocenters. The molecule has 0 fully saturated rings. The van der Waals surface area contributed by atoms with Gasteiger partial charge in [-0.2, -0.15) is 0 Å². The molecule has 2 heterocycles. The second kappa shape index (κ2) is 4.16. The zero-order valence-corrected chi connectivity index (χ0v) is 9.62. The quantitative estimate of drug-likeness (QED) is 0.911. The fourth-order valence-electron chi connectivity index (χ4n) is 1.15. The second-order valence-corrected chi connectivity index (χ2v) is 4.55. The molecule has 0 saturated carbocycles. The Morgan fingerprint density at radius 2 is 2.29 bits per heavy atom. The normalized spacial score (nSPS) is 12.7. The SMILES string of the molecule is NC(c1ccncn1)c1sccc1Br. The van der Waals surface area contributed by atoms with E-state index in [1.807, 2.05) is 17.5 Å². The Balaban J connectivity index is 2.34. The van der Waals surface area contributed by atoms with Crippen molar-refractivity contribution in [1.82, 2.24) is 9.97 Å². The summed E-state index contributed by atoms with van der Waals surface area (Å²) in [5.41, 5.74) is 6.89. The molecule has 3 nitrogen and oxygen atoms in total. The minimum atomic E-state index is -0.174. The summed E-state index contributed by atoms with van der Waals surface area (Å²) < 4.78 is 1.04. The van der Waals surface area contributed by atoms with Gasteiger partial charge in [0.2, 0.25) is 0 Å². The van der Waals surface area contributed by atoms with Crippen LogP contribution in [0.15, 0.2) is 34.5 Å². The summed E-state index contributed by atoms with van der Waals surface area (Å²) in [4.78, 5) is 9.07. The van der Waals surface area contributed by atoms with Gasteiger partial charge in [-0.05, 0) is 33.4 Å². The van der Waals surface area contributed by atoms with Crippen molar-refractivity contribution in [2.75, 3.05) is 0 Å². The van der Waals surface area contributed by atoms with Crippen LogP contribution >= 0.6 is 27.3 Å². The smallest absolute Gasteiger partial charge is 0.115 e. The number of hydrogen-bond acceptors (Lipinski definition) is 4. The Hall–Kier alpha value is -0.780. The molecular weight excluding hydrogens is 262 g/mol. The number of aromatic nitrogens is 2. The number of nitrogens with zero attached hydrogens (tertiary/aromatic N) is 2. The maximum atomic E-state index is 6.05. The first kappa shape index (κ1) is 9.76. The molecule has 0 bridgehead atoms. The highest BCUT2D eigenvalue weighted by Gasteiger charge is 2.14. The fourth-order valence-corrected chi connectivity index (χ4v) is 2.78. The van der Waals surface area contributed by atoms with Crippen molar-refractivity contribution in [2.24, 2.45) is 5.73 Å². The summed E-state index contributed by atoms with van der Waals surface area (Å²) >= 11 is 5.07. The summed E-state index contributed by atoms with van der Waals surface area (Å²) in [6.45, 7) is 0. The Morgan fingerprint density at radius 3 is 2.86 bits per heavy atom. The standard InChI is InChI=1S/C9H8BrN3S/c10-6-2-4-14-9(6)8(11)7-1-3-12-5-13-7/h1-5,8H,11H2. The average molecular weight is 270 g/mol.